The van der Waals surface area contributed by atoms with Crippen LogP contribution >= 0.6 is 11.3 Å². The van der Waals surface area contributed by atoms with Gasteiger partial charge in [0.2, 0.25) is 0 Å². The number of rotatable bonds is 4. The third kappa shape index (κ3) is 6.56. The Balaban J connectivity index is 2.00. The number of nitrogens with one attached hydrogen (secondary N) is 3. The van der Waals surface area contributed by atoms with Crippen LogP contribution in [0.3, 0.4) is 0 Å². The van der Waals surface area contributed by atoms with Crippen molar-refractivity contribution in [2.45, 2.75) is 46.3 Å². The quantitative estimate of drug-likeness (QED) is 0.648. The molecule has 0 radical (unpaired) electrons. The Morgan fingerprint density at radius 2 is 1.85 bits per heavy atom. The van der Waals surface area contributed by atoms with E-state index in [-0.39, 0.29) is 11.7 Å². The normalized spacial score (nSPS) is 12.2. The van der Waals surface area contributed by atoms with Gasteiger partial charge in [0, 0.05) is 15.4 Å². The molecule has 0 aliphatic carbocycles. The molecule has 0 saturated heterocycles. The molecule has 0 aliphatic heterocycles. The van der Waals surface area contributed by atoms with Gasteiger partial charge in [-0.15, -0.1) is 11.3 Å². The number of aryl methyl sites for hydroxylation is 1. The molecule has 2 rings (SSSR count). The molecule has 1 aromatic heterocycles. The van der Waals surface area contributed by atoms with Crippen LogP contribution in [0.15, 0.2) is 30.3 Å². The Labute approximate surface area is 162 Å². The van der Waals surface area contributed by atoms with E-state index in [1.54, 1.807) is 32.1 Å². The van der Waals surface area contributed by atoms with Crippen LogP contribution in [0.5, 0.6) is 0 Å². The smallest absolute Gasteiger partial charge is 0.412 e. The van der Waals surface area contributed by atoms with E-state index in [9.17, 15) is 14.0 Å². The van der Waals surface area contributed by atoms with Crippen molar-refractivity contribution in [2.24, 2.45) is 0 Å². The predicted molar refractivity (Wildman–Crippen MR) is 106 cm³/mol. The number of urea groups is 1. The summed E-state index contributed by atoms with van der Waals surface area (Å²) < 4.78 is 19.0. The Morgan fingerprint density at radius 3 is 2.44 bits per heavy atom. The fraction of sp³-hybridized carbons (Fsp3) is 0.368. The van der Waals surface area contributed by atoms with Crippen molar-refractivity contribution in [3.63, 3.8) is 0 Å². The van der Waals surface area contributed by atoms with Crippen LogP contribution in [0.4, 0.5) is 25.4 Å². The minimum Gasteiger partial charge on any atom is -0.444 e. The van der Waals surface area contributed by atoms with E-state index in [4.69, 9.17) is 4.74 Å². The lowest BCUT2D eigenvalue weighted by molar-refractivity contribution is 0.0635. The topological polar surface area (TPSA) is 79.5 Å². The van der Waals surface area contributed by atoms with Crippen molar-refractivity contribution < 1.29 is 18.7 Å². The number of hydrogen-bond donors (Lipinski definition) is 3. The zero-order valence-corrected chi connectivity index (χ0v) is 16.8. The number of ether oxygens (including phenoxy) is 1. The molecule has 6 nitrogen and oxygen atoms in total. The number of halogens is 1. The molecule has 1 atom stereocenters. The fourth-order valence-electron chi connectivity index (χ4n) is 2.23. The van der Waals surface area contributed by atoms with Gasteiger partial charge in [-0.05, 0) is 65.0 Å². The number of hydrogen-bond acceptors (Lipinski definition) is 4. The van der Waals surface area contributed by atoms with Crippen molar-refractivity contribution in [3.8, 4) is 0 Å². The van der Waals surface area contributed by atoms with Crippen LogP contribution in [-0.4, -0.2) is 17.7 Å². The van der Waals surface area contributed by atoms with Crippen LogP contribution in [0.25, 0.3) is 0 Å². The first kappa shape index (κ1) is 20.7. The van der Waals surface area contributed by atoms with E-state index in [0.29, 0.717) is 5.69 Å². The second kappa shape index (κ2) is 8.39. The van der Waals surface area contributed by atoms with E-state index in [0.717, 1.165) is 15.8 Å². The van der Waals surface area contributed by atoms with Crippen molar-refractivity contribution >= 4 is 34.8 Å². The van der Waals surface area contributed by atoms with Crippen LogP contribution in [0.2, 0.25) is 0 Å². The molecule has 3 N–H and O–H groups in total. The van der Waals surface area contributed by atoms with Gasteiger partial charge in [-0.2, -0.15) is 0 Å². The van der Waals surface area contributed by atoms with Crippen LogP contribution < -0.4 is 16.0 Å². The van der Waals surface area contributed by atoms with E-state index in [1.165, 1.54) is 12.1 Å². The molecule has 0 aliphatic rings. The minimum absolute atomic E-state index is 0.0796. The molecule has 1 aromatic carbocycles. The Morgan fingerprint density at radius 1 is 1.15 bits per heavy atom. The second-order valence-corrected chi connectivity index (χ2v) is 8.41. The third-order valence-electron chi connectivity index (χ3n) is 3.40. The standard InChI is InChI=1S/C19H24FN3O3S/c1-11-6-9-16(27-11)12(2)21-17(24)22-13-7-8-14(20)15(10-13)23-18(25)26-19(3,4)5/h6-10,12H,1-5H3,(H,23,25)(H2,21,22,24). The largest absolute Gasteiger partial charge is 0.444 e. The molecular formula is C19H24FN3O3S. The summed E-state index contributed by atoms with van der Waals surface area (Å²) in [7, 11) is 0. The Kier molecular flexibility index (Phi) is 6.43. The lowest BCUT2D eigenvalue weighted by atomic mass is 10.2. The lowest BCUT2D eigenvalue weighted by Gasteiger charge is -2.20. The van der Waals surface area contributed by atoms with Gasteiger partial charge in [-0.3, -0.25) is 5.32 Å². The highest BCUT2D eigenvalue weighted by Crippen LogP contribution is 2.23. The summed E-state index contributed by atoms with van der Waals surface area (Å²) in [5.41, 5.74) is -0.439. The van der Waals surface area contributed by atoms with Crippen molar-refractivity contribution in [3.05, 3.63) is 45.9 Å². The first-order valence-electron chi connectivity index (χ1n) is 8.47. The third-order valence-corrected chi connectivity index (χ3v) is 4.58. The zero-order chi connectivity index (χ0) is 20.2. The van der Waals surface area contributed by atoms with Gasteiger partial charge in [0.05, 0.1) is 11.7 Å². The first-order chi connectivity index (χ1) is 12.5. The van der Waals surface area contributed by atoms with Gasteiger partial charge in [0.1, 0.15) is 11.4 Å². The second-order valence-electron chi connectivity index (χ2n) is 7.09. The molecule has 8 heteroatoms. The van der Waals surface area contributed by atoms with E-state index in [1.807, 2.05) is 26.0 Å². The summed E-state index contributed by atoms with van der Waals surface area (Å²) in [4.78, 5) is 26.2. The summed E-state index contributed by atoms with van der Waals surface area (Å²) >= 11 is 1.61. The van der Waals surface area contributed by atoms with E-state index >= 15 is 0 Å². The Hall–Kier alpha value is -2.61. The highest BCUT2D eigenvalue weighted by molar-refractivity contribution is 7.12. The number of amides is 3. The maximum Gasteiger partial charge on any atom is 0.412 e. The molecule has 27 heavy (non-hydrogen) atoms. The molecule has 0 bridgehead atoms. The summed E-state index contributed by atoms with van der Waals surface area (Å²) in [5.74, 6) is -0.630. The zero-order valence-electron chi connectivity index (χ0n) is 16.0. The maximum absolute atomic E-state index is 13.9. The van der Waals surface area contributed by atoms with Crippen molar-refractivity contribution in [1.82, 2.24) is 5.32 Å². The van der Waals surface area contributed by atoms with Crippen LogP contribution in [0.1, 0.15) is 43.5 Å². The van der Waals surface area contributed by atoms with Gasteiger partial charge in [-0.1, -0.05) is 0 Å². The molecule has 1 unspecified atom stereocenters. The summed E-state index contributed by atoms with van der Waals surface area (Å²) in [6, 6.07) is 7.27. The van der Waals surface area contributed by atoms with Crippen LogP contribution in [-0.2, 0) is 4.74 Å². The SMILES string of the molecule is Cc1ccc(C(C)NC(=O)Nc2ccc(F)c(NC(=O)OC(C)(C)C)c2)s1. The number of anilines is 2. The van der Waals surface area contributed by atoms with Crippen molar-refractivity contribution in [1.29, 1.82) is 0 Å². The van der Waals surface area contributed by atoms with Gasteiger partial charge >= 0.3 is 12.1 Å². The number of thiophene rings is 1. The number of benzene rings is 1. The van der Waals surface area contributed by atoms with Gasteiger partial charge < -0.3 is 15.4 Å². The van der Waals surface area contributed by atoms with E-state index < -0.39 is 23.5 Å². The molecule has 3 amide bonds. The molecule has 2 aromatic rings. The van der Waals surface area contributed by atoms with Crippen LogP contribution in [0, 0.1) is 12.7 Å². The number of carbonyl (C=O) groups excluding carboxylic acids is 2. The first-order valence-corrected chi connectivity index (χ1v) is 9.28. The molecule has 0 fully saturated rings. The molecule has 1 heterocycles. The highest BCUT2D eigenvalue weighted by Gasteiger charge is 2.18. The van der Waals surface area contributed by atoms with Crippen molar-refractivity contribution in [2.75, 3.05) is 10.6 Å². The lowest BCUT2D eigenvalue weighted by Crippen LogP contribution is -2.31. The molecule has 0 spiro atoms. The minimum atomic E-state index is -0.773. The summed E-state index contributed by atoms with van der Waals surface area (Å²) in [5, 5.41) is 7.80. The Bertz CT molecular complexity index is 830. The van der Waals surface area contributed by atoms with Gasteiger partial charge in [-0.25, -0.2) is 14.0 Å². The monoisotopic (exact) mass is 393 g/mol. The van der Waals surface area contributed by atoms with E-state index in [2.05, 4.69) is 16.0 Å². The average Bonchev–Trinajstić information content (AvgIpc) is 2.95. The number of carbonyl (C=O) groups is 2. The highest BCUT2D eigenvalue weighted by atomic mass is 32.1. The van der Waals surface area contributed by atoms with Gasteiger partial charge in [0.25, 0.3) is 0 Å². The summed E-state index contributed by atoms with van der Waals surface area (Å²) in [6.07, 6.45) is -0.773. The van der Waals surface area contributed by atoms with Gasteiger partial charge in [0.15, 0.2) is 0 Å². The maximum atomic E-state index is 13.9. The average molecular weight is 393 g/mol. The molecule has 0 saturated carbocycles. The molecule has 146 valence electrons. The predicted octanol–water partition coefficient (Wildman–Crippen LogP) is 5.43. The fourth-order valence-corrected chi connectivity index (χ4v) is 3.11. The molecular weight excluding hydrogens is 369 g/mol. The summed E-state index contributed by atoms with van der Waals surface area (Å²) in [6.45, 7) is 9.01.